The highest BCUT2D eigenvalue weighted by Gasteiger charge is 2.19. The second-order valence-corrected chi connectivity index (χ2v) is 6.59. The summed E-state index contributed by atoms with van der Waals surface area (Å²) >= 11 is 0. The van der Waals surface area contributed by atoms with Crippen LogP contribution in [0.5, 0.6) is 5.75 Å². The minimum absolute atomic E-state index is 0.183. The average molecular weight is 342 g/mol. The van der Waals surface area contributed by atoms with E-state index in [-0.39, 0.29) is 17.4 Å². The van der Waals surface area contributed by atoms with Gasteiger partial charge in [-0.1, -0.05) is 44.0 Å². The first-order valence-corrected chi connectivity index (χ1v) is 8.98. The van der Waals surface area contributed by atoms with Crippen LogP contribution >= 0.6 is 0 Å². The number of hydrogen-bond acceptors (Lipinski definition) is 1. The van der Waals surface area contributed by atoms with E-state index in [9.17, 15) is 8.78 Å². The summed E-state index contributed by atoms with van der Waals surface area (Å²) in [7, 11) is 1.46. The molecular weight excluding hydrogens is 318 g/mol. The van der Waals surface area contributed by atoms with E-state index < -0.39 is 0 Å². The molecule has 0 aliphatic heterocycles. The van der Waals surface area contributed by atoms with Crippen LogP contribution in [0.1, 0.15) is 54.9 Å². The zero-order valence-corrected chi connectivity index (χ0v) is 14.9. The van der Waals surface area contributed by atoms with Crippen LogP contribution in [0.2, 0.25) is 0 Å². The lowest BCUT2D eigenvalue weighted by atomic mass is 9.87. The Morgan fingerprint density at radius 2 is 1.88 bits per heavy atom. The van der Waals surface area contributed by atoms with Crippen LogP contribution in [-0.4, -0.2) is 7.11 Å². The molecule has 0 saturated heterocycles. The first kappa shape index (κ1) is 17.7. The summed E-state index contributed by atoms with van der Waals surface area (Å²) in [6.45, 7) is 2.16. The van der Waals surface area contributed by atoms with Crippen LogP contribution in [0.4, 0.5) is 8.78 Å². The Morgan fingerprint density at radius 3 is 2.60 bits per heavy atom. The monoisotopic (exact) mass is 342 g/mol. The van der Waals surface area contributed by atoms with Crippen molar-refractivity contribution in [1.29, 1.82) is 0 Å². The molecule has 2 aromatic carbocycles. The molecule has 0 heterocycles. The number of allylic oxidation sites excluding steroid dienone is 1. The van der Waals surface area contributed by atoms with Crippen LogP contribution in [-0.2, 0) is 12.8 Å². The summed E-state index contributed by atoms with van der Waals surface area (Å²) < 4.78 is 34.0. The predicted molar refractivity (Wildman–Crippen MR) is 98.8 cm³/mol. The summed E-state index contributed by atoms with van der Waals surface area (Å²) in [6, 6.07) is 9.00. The van der Waals surface area contributed by atoms with E-state index in [0.29, 0.717) is 24.0 Å². The van der Waals surface area contributed by atoms with Gasteiger partial charge >= 0.3 is 0 Å². The third kappa shape index (κ3) is 3.76. The van der Waals surface area contributed by atoms with Gasteiger partial charge in [0.25, 0.3) is 0 Å². The molecule has 2 aromatic rings. The fourth-order valence-corrected chi connectivity index (χ4v) is 3.45. The van der Waals surface area contributed by atoms with Gasteiger partial charge in [-0.25, -0.2) is 8.78 Å². The molecule has 1 aliphatic rings. The maximum atomic E-state index is 14.6. The fourth-order valence-electron chi connectivity index (χ4n) is 3.45. The molecule has 1 nitrogen and oxygen atoms in total. The van der Waals surface area contributed by atoms with Crippen LogP contribution in [0.25, 0.3) is 11.6 Å². The number of fused-ring (bicyclic) bond motifs is 1. The number of benzene rings is 2. The molecule has 0 radical (unpaired) electrons. The Balaban J connectivity index is 1.86. The number of hydrogen-bond donors (Lipinski definition) is 0. The largest absolute Gasteiger partial charge is 0.494 e. The molecule has 0 saturated carbocycles. The normalized spacial score (nSPS) is 13.4. The molecule has 0 amide bonds. The van der Waals surface area contributed by atoms with Crippen LogP contribution < -0.4 is 4.74 Å². The summed E-state index contributed by atoms with van der Waals surface area (Å²) in [6.07, 6.45) is 7.42. The van der Waals surface area contributed by atoms with Gasteiger partial charge in [-0.05, 0) is 60.1 Å². The summed E-state index contributed by atoms with van der Waals surface area (Å²) in [4.78, 5) is 0. The van der Waals surface area contributed by atoms with E-state index >= 15 is 0 Å². The van der Waals surface area contributed by atoms with Gasteiger partial charge in [-0.15, -0.1) is 0 Å². The van der Waals surface area contributed by atoms with Crippen molar-refractivity contribution < 1.29 is 13.5 Å². The van der Waals surface area contributed by atoms with Crippen molar-refractivity contribution in [2.45, 2.75) is 45.4 Å². The van der Waals surface area contributed by atoms with Gasteiger partial charge in [0.1, 0.15) is 5.82 Å². The highest BCUT2D eigenvalue weighted by molar-refractivity contribution is 5.85. The van der Waals surface area contributed by atoms with Crippen LogP contribution in [0.15, 0.2) is 30.3 Å². The molecule has 0 N–H and O–H groups in total. The molecular formula is C22H24F2O. The maximum Gasteiger partial charge on any atom is 0.168 e. The van der Waals surface area contributed by atoms with Gasteiger partial charge < -0.3 is 4.74 Å². The number of unbranched alkanes of at least 4 members (excludes halogenated alkanes) is 2. The lowest BCUT2D eigenvalue weighted by Gasteiger charge is -2.19. The van der Waals surface area contributed by atoms with Crippen molar-refractivity contribution in [2.24, 2.45) is 0 Å². The number of methoxy groups -OCH3 is 1. The number of aryl methyl sites for hydroxylation is 1. The number of rotatable bonds is 6. The van der Waals surface area contributed by atoms with Crippen molar-refractivity contribution in [3.63, 3.8) is 0 Å². The average Bonchev–Trinajstić information content (AvgIpc) is 2.62. The Morgan fingerprint density at radius 1 is 1.04 bits per heavy atom. The van der Waals surface area contributed by atoms with Gasteiger partial charge in [0.05, 0.1) is 7.11 Å². The minimum atomic E-state index is -0.304. The quantitative estimate of drug-likeness (QED) is 0.569. The SMILES string of the molecule is CCCCCc1ccc(C2=Cc3ccc(OC)c(F)c3CC2)c(F)c1. The number of ether oxygens (including phenoxy) is 1. The van der Waals surface area contributed by atoms with Crippen LogP contribution in [0.3, 0.4) is 0 Å². The molecule has 3 heteroatoms. The second kappa shape index (κ2) is 7.81. The van der Waals surface area contributed by atoms with E-state index in [1.807, 2.05) is 24.3 Å². The van der Waals surface area contributed by atoms with Gasteiger partial charge in [0.2, 0.25) is 0 Å². The number of halogens is 2. The molecule has 0 atom stereocenters. The predicted octanol–water partition coefficient (Wildman–Crippen LogP) is 6.19. The first-order chi connectivity index (χ1) is 12.1. The molecule has 25 heavy (non-hydrogen) atoms. The van der Waals surface area contributed by atoms with Crippen molar-refractivity contribution >= 4 is 11.6 Å². The summed E-state index contributed by atoms with van der Waals surface area (Å²) in [5.41, 5.74) is 4.06. The fraction of sp³-hybridized carbons (Fsp3) is 0.364. The second-order valence-electron chi connectivity index (χ2n) is 6.59. The molecule has 0 bridgehead atoms. The Hall–Kier alpha value is -2.16. The van der Waals surface area contributed by atoms with Crippen molar-refractivity contribution in [1.82, 2.24) is 0 Å². The smallest absolute Gasteiger partial charge is 0.168 e. The zero-order chi connectivity index (χ0) is 17.8. The summed E-state index contributed by atoms with van der Waals surface area (Å²) in [5.74, 6) is -0.224. The van der Waals surface area contributed by atoms with E-state index in [1.54, 1.807) is 12.1 Å². The van der Waals surface area contributed by atoms with E-state index in [1.165, 1.54) is 13.5 Å². The molecule has 0 aromatic heterocycles. The van der Waals surface area contributed by atoms with E-state index in [4.69, 9.17) is 4.74 Å². The van der Waals surface area contributed by atoms with Gasteiger partial charge in [0, 0.05) is 5.56 Å². The highest BCUT2D eigenvalue weighted by atomic mass is 19.1. The van der Waals surface area contributed by atoms with Crippen molar-refractivity contribution in [3.8, 4) is 5.75 Å². The molecule has 132 valence electrons. The molecule has 0 spiro atoms. The standard InChI is InChI=1S/C22H24F2O/c1-3-4-5-6-15-7-10-18(20(23)13-15)16-8-11-19-17(14-16)9-12-21(25-2)22(19)24/h7,9-10,12-14H,3-6,8,11H2,1-2H3. The van der Waals surface area contributed by atoms with Crippen LogP contribution in [0, 0.1) is 11.6 Å². The molecule has 1 aliphatic carbocycles. The molecule has 0 fully saturated rings. The van der Waals surface area contributed by atoms with E-state index in [0.717, 1.165) is 36.0 Å². The van der Waals surface area contributed by atoms with Gasteiger partial charge in [-0.3, -0.25) is 0 Å². The molecule has 3 rings (SSSR count). The van der Waals surface area contributed by atoms with Crippen molar-refractivity contribution in [2.75, 3.05) is 7.11 Å². The topological polar surface area (TPSA) is 9.23 Å². The lowest BCUT2D eigenvalue weighted by Crippen LogP contribution is -2.05. The van der Waals surface area contributed by atoms with Gasteiger partial charge in [0.15, 0.2) is 11.6 Å². The first-order valence-electron chi connectivity index (χ1n) is 8.98. The lowest BCUT2D eigenvalue weighted by molar-refractivity contribution is 0.384. The van der Waals surface area contributed by atoms with Gasteiger partial charge in [-0.2, -0.15) is 0 Å². The highest BCUT2D eigenvalue weighted by Crippen LogP contribution is 2.35. The van der Waals surface area contributed by atoms with E-state index in [2.05, 4.69) is 6.92 Å². The Labute approximate surface area is 148 Å². The molecule has 0 unspecified atom stereocenters. The minimum Gasteiger partial charge on any atom is -0.494 e. The Bertz CT molecular complexity index is 793. The third-order valence-corrected chi connectivity index (χ3v) is 4.89. The summed E-state index contributed by atoms with van der Waals surface area (Å²) in [5, 5.41) is 0. The van der Waals surface area contributed by atoms with Crippen molar-refractivity contribution in [3.05, 3.63) is 64.2 Å². The zero-order valence-electron chi connectivity index (χ0n) is 14.9. The maximum absolute atomic E-state index is 14.6. The third-order valence-electron chi connectivity index (χ3n) is 4.89. The Kier molecular flexibility index (Phi) is 5.52.